The van der Waals surface area contributed by atoms with Crippen LogP contribution in [0.25, 0.3) is 12.2 Å². The van der Waals surface area contributed by atoms with Crippen LogP contribution >= 0.6 is 46.4 Å². The topological polar surface area (TPSA) is 0 Å². The molecule has 0 heterocycles. The predicted molar refractivity (Wildman–Crippen MR) is 92.3 cm³/mol. The second-order valence-electron chi connectivity index (χ2n) is 3.69. The maximum atomic E-state index is 5.44. The van der Waals surface area contributed by atoms with Crippen LogP contribution in [-0.2, 0) is 0 Å². The summed E-state index contributed by atoms with van der Waals surface area (Å²) in [4.78, 5) is 0. The summed E-state index contributed by atoms with van der Waals surface area (Å²) >= 11 is 21.8. The van der Waals surface area contributed by atoms with Gasteiger partial charge in [-0.1, -0.05) is 107 Å². The monoisotopic (exact) mass is 344 g/mol. The molecule has 0 saturated carbocycles. The molecular weight excluding hydrogens is 334 g/mol. The SMILES string of the molecule is ClC(Cl)=Cc1ccccc1.ClC(Cl)=Cc1ccccc1. The van der Waals surface area contributed by atoms with Gasteiger partial charge in [-0.15, -0.1) is 0 Å². The third kappa shape index (κ3) is 8.29. The summed E-state index contributed by atoms with van der Waals surface area (Å²) in [6.07, 6.45) is 3.40. The van der Waals surface area contributed by atoms with Gasteiger partial charge in [0.2, 0.25) is 0 Å². The molecule has 2 aromatic rings. The lowest BCUT2D eigenvalue weighted by atomic mass is 10.2. The van der Waals surface area contributed by atoms with Crippen LogP contribution in [0, 0.1) is 0 Å². The summed E-state index contributed by atoms with van der Waals surface area (Å²) in [6.45, 7) is 0. The van der Waals surface area contributed by atoms with Crippen LogP contribution in [-0.4, -0.2) is 0 Å². The van der Waals surface area contributed by atoms with Gasteiger partial charge in [-0.25, -0.2) is 0 Å². The molecule has 104 valence electrons. The Morgan fingerprint density at radius 2 is 0.850 bits per heavy atom. The van der Waals surface area contributed by atoms with Crippen LogP contribution in [0.1, 0.15) is 11.1 Å². The Kier molecular flexibility index (Phi) is 8.48. The zero-order valence-electron chi connectivity index (χ0n) is 10.4. The van der Waals surface area contributed by atoms with E-state index >= 15 is 0 Å². The fourth-order valence-electron chi connectivity index (χ4n) is 1.35. The Bertz CT molecular complexity index is 498. The molecule has 0 aromatic heterocycles. The van der Waals surface area contributed by atoms with Crippen LogP contribution in [0.15, 0.2) is 69.6 Å². The van der Waals surface area contributed by atoms with Gasteiger partial charge >= 0.3 is 0 Å². The third-order valence-electron chi connectivity index (χ3n) is 2.15. The number of benzene rings is 2. The lowest BCUT2D eigenvalue weighted by molar-refractivity contribution is 1.66. The zero-order chi connectivity index (χ0) is 14.8. The molecule has 0 saturated heterocycles. The van der Waals surface area contributed by atoms with Crippen molar-refractivity contribution in [3.05, 3.63) is 80.8 Å². The molecule has 0 amide bonds. The molecule has 2 rings (SSSR count). The van der Waals surface area contributed by atoms with Gasteiger partial charge < -0.3 is 0 Å². The number of hydrogen-bond acceptors (Lipinski definition) is 0. The molecule has 4 heteroatoms. The van der Waals surface area contributed by atoms with Crippen LogP contribution in [0.3, 0.4) is 0 Å². The van der Waals surface area contributed by atoms with E-state index in [1.54, 1.807) is 12.2 Å². The van der Waals surface area contributed by atoms with Gasteiger partial charge in [0.1, 0.15) is 8.98 Å². The molecule has 20 heavy (non-hydrogen) atoms. The van der Waals surface area contributed by atoms with E-state index in [1.165, 1.54) is 0 Å². The average molecular weight is 346 g/mol. The van der Waals surface area contributed by atoms with Gasteiger partial charge in [-0.05, 0) is 23.3 Å². The first-order valence-electron chi connectivity index (χ1n) is 5.73. The largest absolute Gasteiger partial charge is 0.107 e. The van der Waals surface area contributed by atoms with Crippen LogP contribution in [0.4, 0.5) is 0 Å². The molecule has 0 spiro atoms. The van der Waals surface area contributed by atoms with Gasteiger partial charge in [0.05, 0.1) is 0 Å². The summed E-state index contributed by atoms with van der Waals surface area (Å²) in [5.41, 5.74) is 2.03. The van der Waals surface area contributed by atoms with Crippen molar-refractivity contribution >= 4 is 58.6 Å². The Labute approximate surface area is 139 Å². The number of hydrogen-bond donors (Lipinski definition) is 0. The first-order valence-corrected chi connectivity index (χ1v) is 7.24. The summed E-state index contributed by atoms with van der Waals surface area (Å²) in [7, 11) is 0. The Morgan fingerprint density at radius 1 is 0.550 bits per heavy atom. The third-order valence-corrected chi connectivity index (χ3v) is 2.59. The van der Waals surface area contributed by atoms with E-state index in [1.807, 2.05) is 60.7 Å². The van der Waals surface area contributed by atoms with Crippen molar-refractivity contribution in [2.24, 2.45) is 0 Å². The van der Waals surface area contributed by atoms with Gasteiger partial charge in [-0.3, -0.25) is 0 Å². The minimum absolute atomic E-state index is 0.284. The van der Waals surface area contributed by atoms with E-state index in [9.17, 15) is 0 Å². The summed E-state index contributed by atoms with van der Waals surface area (Å²) in [5.74, 6) is 0. The van der Waals surface area contributed by atoms with Gasteiger partial charge in [0.15, 0.2) is 0 Å². The maximum Gasteiger partial charge on any atom is 0.107 e. The lowest BCUT2D eigenvalue weighted by Gasteiger charge is -1.88. The molecule has 0 aliphatic heterocycles. The Hall–Kier alpha value is -0.920. The first kappa shape index (κ1) is 17.1. The van der Waals surface area contributed by atoms with Crippen molar-refractivity contribution in [3.8, 4) is 0 Å². The second-order valence-corrected chi connectivity index (χ2v) is 5.71. The molecule has 0 aliphatic carbocycles. The Morgan fingerprint density at radius 3 is 1.10 bits per heavy atom. The average Bonchev–Trinajstić information content (AvgIpc) is 2.40. The number of halogens is 4. The minimum atomic E-state index is 0.284. The fraction of sp³-hybridized carbons (Fsp3) is 0. The van der Waals surface area contributed by atoms with Crippen molar-refractivity contribution in [2.45, 2.75) is 0 Å². The van der Waals surface area contributed by atoms with E-state index in [2.05, 4.69) is 0 Å². The van der Waals surface area contributed by atoms with Gasteiger partial charge in [0, 0.05) is 0 Å². The Balaban J connectivity index is 0.000000200. The highest BCUT2D eigenvalue weighted by Crippen LogP contribution is 2.13. The van der Waals surface area contributed by atoms with E-state index in [4.69, 9.17) is 46.4 Å². The predicted octanol–water partition coefficient (Wildman–Crippen LogP) is 6.93. The van der Waals surface area contributed by atoms with Crippen molar-refractivity contribution in [2.75, 3.05) is 0 Å². The van der Waals surface area contributed by atoms with Crippen LogP contribution in [0.2, 0.25) is 0 Å². The quantitative estimate of drug-likeness (QED) is 0.553. The molecular formula is C16H12Cl4. The van der Waals surface area contributed by atoms with E-state index in [0.717, 1.165) is 11.1 Å². The summed E-state index contributed by atoms with van der Waals surface area (Å²) < 4.78 is 0.567. The number of rotatable bonds is 2. The highest BCUT2D eigenvalue weighted by Gasteiger charge is 1.86. The molecule has 0 N–H and O–H groups in total. The van der Waals surface area contributed by atoms with Crippen LogP contribution in [0.5, 0.6) is 0 Å². The van der Waals surface area contributed by atoms with Crippen molar-refractivity contribution in [3.63, 3.8) is 0 Å². The zero-order valence-corrected chi connectivity index (χ0v) is 13.5. The van der Waals surface area contributed by atoms with Crippen molar-refractivity contribution in [1.82, 2.24) is 0 Å². The van der Waals surface area contributed by atoms with Gasteiger partial charge in [0.25, 0.3) is 0 Å². The van der Waals surface area contributed by atoms with Crippen molar-refractivity contribution < 1.29 is 0 Å². The molecule has 0 bridgehead atoms. The maximum absolute atomic E-state index is 5.44. The van der Waals surface area contributed by atoms with Crippen LogP contribution < -0.4 is 0 Å². The summed E-state index contributed by atoms with van der Waals surface area (Å²) in [5, 5.41) is 0. The molecule has 2 aromatic carbocycles. The van der Waals surface area contributed by atoms with E-state index in [0.29, 0.717) is 0 Å². The van der Waals surface area contributed by atoms with E-state index in [-0.39, 0.29) is 8.98 Å². The molecule has 0 radical (unpaired) electrons. The fourth-order valence-corrected chi connectivity index (χ4v) is 1.85. The first-order chi connectivity index (χ1) is 9.58. The molecule has 0 aliphatic rings. The minimum Gasteiger partial charge on any atom is -0.0709 e. The molecule has 0 atom stereocenters. The van der Waals surface area contributed by atoms with Crippen molar-refractivity contribution in [1.29, 1.82) is 0 Å². The standard InChI is InChI=1S/2C8H6Cl2/c2*9-8(10)6-7-4-2-1-3-5-7/h2*1-6H. The normalized spacial score (nSPS) is 9.00. The summed E-state index contributed by atoms with van der Waals surface area (Å²) in [6, 6.07) is 19.4. The molecule has 0 fully saturated rings. The molecule has 0 unspecified atom stereocenters. The highest BCUT2D eigenvalue weighted by molar-refractivity contribution is 6.58. The van der Waals surface area contributed by atoms with E-state index < -0.39 is 0 Å². The molecule has 0 nitrogen and oxygen atoms in total. The smallest absolute Gasteiger partial charge is 0.0709 e. The van der Waals surface area contributed by atoms with Gasteiger partial charge in [-0.2, -0.15) is 0 Å². The second kappa shape index (κ2) is 9.90. The highest BCUT2D eigenvalue weighted by atomic mass is 35.5. The lowest BCUT2D eigenvalue weighted by Crippen LogP contribution is -1.67.